The molecule has 0 heterocycles. The lowest BCUT2D eigenvalue weighted by atomic mass is 9.80. The summed E-state index contributed by atoms with van der Waals surface area (Å²) in [5, 5.41) is 8.53. The molecule has 0 spiro atoms. The molecule has 0 saturated heterocycles. The summed E-state index contributed by atoms with van der Waals surface area (Å²) in [7, 11) is -1.50. The maximum absolute atomic E-state index is 2.62. The lowest BCUT2D eigenvalue weighted by Gasteiger charge is -2.35. The molecule has 5 rings (SSSR count). The summed E-state index contributed by atoms with van der Waals surface area (Å²) in [6, 6.07) is 49.8. The van der Waals surface area contributed by atoms with Gasteiger partial charge in [-0.05, 0) is 75.7 Å². The van der Waals surface area contributed by atoms with Crippen molar-refractivity contribution in [3.05, 3.63) is 145 Å². The van der Waals surface area contributed by atoms with Crippen molar-refractivity contribution in [1.29, 1.82) is 0 Å². The summed E-state index contributed by atoms with van der Waals surface area (Å²) in [4.78, 5) is 0. The van der Waals surface area contributed by atoms with Gasteiger partial charge in [-0.25, -0.2) is 0 Å². The van der Waals surface area contributed by atoms with Crippen LogP contribution in [0.15, 0.2) is 133 Å². The first-order valence-corrected chi connectivity index (χ1v) is 16.8. The third kappa shape index (κ3) is 6.15. The molecule has 0 fully saturated rings. The van der Waals surface area contributed by atoms with Crippen LogP contribution in [0.4, 0.5) is 0 Å². The Morgan fingerprint density at radius 3 is 0.825 bits per heavy atom. The lowest BCUT2D eigenvalue weighted by molar-refractivity contribution is 0.574. The molecule has 5 aromatic carbocycles. The monoisotopic (exact) mass is 558 g/mol. The quantitative estimate of drug-likeness (QED) is 0.187. The van der Waals surface area contributed by atoms with Crippen molar-refractivity contribution < 1.29 is 0 Å². The van der Waals surface area contributed by atoms with Crippen LogP contribution in [0.25, 0.3) is 0 Å². The second-order valence-corrected chi connectivity index (χ2v) is 16.8. The van der Waals surface area contributed by atoms with E-state index in [1.165, 1.54) is 43.0 Å². The van der Waals surface area contributed by atoms with Crippen LogP contribution in [-0.4, -0.2) is 0 Å². The molecule has 0 nitrogen and oxygen atoms in total. The molecule has 0 radical (unpaired) electrons. The molecular weight excluding hydrogens is 518 g/mol. The van der Waals surface area contributed by atoms with E-state index in [4.69, 9.17) is 0 Å². The Labute approximate surface area is 244 Å². The summed E-state index contributed by atoms with van der Waals surface area (Å²) < 4.78 is 0. The fourth-order valence-electron chi connectivity index (χ4n) is 5.31. The van der Waals surface area contributed by atoms with E-state index in [0.717, 1.165) is 0 Å². The summed E-state index contributed by atoms with van der Waals surface area (Å²) >= 11 is 0. The molecule has 2 heteroatoms. The Bertz CT molecular complexity index is 1330. The van der Waals surface area contributed by atoms with Crippen molar-refractivity contribution in [1.82, 2.24) is 0 Å². The van der Waals surface area contributed by atoms with Crippen LogP contribution in [-0.2, 0) is 10.8 Å². The van der Waals surface area contributed by atoms with Crippen molar-refractivity contribution in [2.45, 2.75) is 52.4 Å². The second kappa shape index (κ2) is 11.8. The van der Waals surface area contributed by atoms with E-state index in [1.54, 1.807) is 0 Å². The second-order valence-electron chi connectivity index (χ2n) is 12.4. The minimum atomic E-state index is -0.748. The average molecular weight is 559 g/mol. The highest BCUT2D eigenvalue weighted by Gasteiger charge is 2.32. The van der Waals surface area contributed by atoms with Gasteiger partial charge in [-0.2, -0.15) is 0 Å². The topological polar surface area (TPSA) is 0 Å². The normalized spacial score (nSPS) is 12.2. The highest BCUT2D eigenvalue weighted by molar-refractivity contribution is 7.81. The van der Waals surface area contributed by atoms with E-state index in [2.05, 4.69) is 175 Å². The molecule has 0 aliphatic heterocycles. The van der Waals surface area contributed by atoms with E-state index >= 15 is 0 Å². The number of hydrogen-bond acceptors (Lipinski definition) is 0. The number of hydrogen-bond donors (Lipinski definition) is 0. The number of rotatable bonds is 6. The maximum atomic E-state index is 2.62. The summed E-state index contributed by atoms with van der Waals surface area (Å²) in [5.74, 6) is 0. The molecule has 0 aliphatic carbocycles. The van der Waals surface area contributed by atoms with Gasteiger partial charge in [0, 0.05) is 0 Å². The molecule has 0 unspecified atom stereocenters. The highest BCUT2D eigenvalue weighted by atomic mass is 31.1. The summed E-state index contributed by atoms with van der Waals surface area (Å²) in [6.07, 6.45) is 0. The zero-order valence-electron chi connectivity index (χ0n) is 24.6. The van der Waals surface area contributed by atoms with Gasteiger partial charge in [-0.1, -0.05) is 169 Å². The molecule has 0 atom stereocenters. The molecule has 0 amide bonds. The first-order chi connectivity index (χ1) is 19.1. The van der Waals surface area contributed by atoms with E-state index in [1.807, 2.05) is 0 Å². The first kappa shape index (κ1) is 28.5. The minimum absolute atomic E-state index is 0.000255. The fraction of sp³-hybridized carbons (Fsp3) is 0.211. The fourth-order valence-corrected chi connectivity index (χ4v) is 10.8. The number of benzene rings is 5. The molecular formula is C38H40P2. The first-order valence-electron chi connectivity index (χ1n) is 14.1. The molecule has 0 aliphatic rings. The van der Waals surface area contributed by atoms with Gasteiger partial charge >= 0.3 is 0 Å². The van der Waals surface area contributed by atoms with Crippen LogP contribution in [0.2, 0.25) is 0 Å². The minimum Gasteiger partial charge on any atom is -0.0622 e. The van der Waals surface area contributed by atoms with Crippen LogP contribution >= 0.6 is 15.8 Å². The van der Waals surface area contributed by atoms with Crippen LogP contribution in [0.3, 0.4) is 0 Å². The third-order valence-corrected chi connectivity index (χ3v) is 12.2. The van der Waals surface area contributed by atoms with E-state index in [9.17, 15) is 0 Å². The van der Waals surface area contributed by atoms with Crippen LogP contribution in [0.5, 0.6) is 0 Å². The third-order valence-electron chi connectivity index (χ3n) is 7.27. The molecule has 5 aromatic rings. The molecule has 0 N–H and O–H groups in total. The molecule has 202 valence electrons. The van der Waals surface area contributed by atoms with Crippen molar-refractivity contribution in [2.75, 3.05) is 0 Å². The van der Waals surface area contributed by atoms with Crippen molar-refractivity contribution in [3.8, 4) is 0 Å². The highest BCUT2D eigenvalue weighted by Crippen LogP contribution is 2.43. The van der Waals surface area contributed by atoms with Gasteiger partial charge in [0.2, 0.25) is 0 Å². The van der Waals surface area contributed by atoms with Crippen LogP contribution in [0, 0.1) is 0 Å². The Morgan fingerprint density at radius 2 is 0.600 bits per heavy atom. The largest absolute Gasteiger partial charge is 0.0622 e. The predicted molar refractivity (Wildman–Crippen MR) is 181 cm³/mol. The van der Waals surface area contributed by atoms with Crippen LogP contribution < -0.4 is 31.8 Å². The van der Waals surface area contributed by atoms with Gasteiger partial charge in [-0.3, -0.25) is 0 Å². The molecule has 0 saturated carbocycles. The van der Waals surface area contributed by atoms with E-state index < -0.39 is 15.8 Å². The molecule has 40 heavy (non-hydrogen) atoms. The Morgan fingerprint density at radius 1 is 0.350 bits per heavy atom. The standard InChI is InChI=1S/C38H40P2/c1-37(2,3)33-27-34(38(4,5)6)36(40(31-23-15-9-16-24-31)32-25-17-10-18-26-32)28-35(33)39(29-19-11-7-12-20-29)30-21-13-8-14-22-30/h7-28H,1-6H3. The molecule has 0 bridgehead atoms. The zero-order valence-corrected chi connectivity index (χ0v) is 26.4. The van der Waals surface area contributed by atoms with Gasteiger partial charge in [0.05, 0.1) is 0 Å². The maximum Gasteiger partial charge on any atom is -0.0107 e. The Kier molecular flexibility index (Phi) is 8.42. The predicted octanol–water partition coefficient (Wildman–Crippen LogP) is 7.80. The van der Waals surface area contributed by atoms with Gasteiger partial charge < -0.3 is 0 Å². The van der Waals surface area contributed by atoms with Crippen LogP contribution in [0.1, 0.15) is 52.7 Å². The van der Waals surface area contributed by atoms with E-state index in [-0.39, 0.29) is 10.8 Å². The smallest absolute Gasteiger partial charge is 0.0107 e. The van der Waals surface area contributed by atoms with Crippen molar-refractivity contribution >= 4 is 47.7 Å². The lowest BCUT2D eigenvalue weighted by Crippen LogP contribution is -2.36. The van der Waals surface area contributed by atoms with Crippen molar-refractivity contribution in [3.63, 3.8) is 0 Å². The SMILES string of the molecule is CC(C)(C)c1cc(C(C)(C)C)c(P(c2ccccc2)c2ccccc2)cc1P(c1ccccc1)c1ccccc1. The Hall–Kier alpha value is -3.04. The van der Waals surface area contributed by atoms with Gasteiger partial charge in [0.15, 0.2) is 0 Å². The zero-order chi connectivity index (χ0) is 28.3. The van der Waals surface area contributed by atoms with Crippen molar-refractivity contribution in [2.24, 2.45) is 0 Å². The van der Waals surface area contributed by atoms with Gasteiger partial charge in [-0.15, -0.1) is 0 Å². The van der Waals surface area contributed by atoms with Gasteiger partial charge in [0.1, 0.15) is 0 Å². The van der Waals surface area contributed by atoms with E-state index in [0.29, 0.717) is 0 Å². The average Bonchev–Trinajstić information content (AvgIpc) is 2.95. The van der Waals surface area contributed by atoms with Gasteiger partial charge in [0.25, 0.3) is 0 Å². The summed E-state index contributed by atoms with van der Waals surface area (Å²) in [6.45, 7) is 14.2. The summed E-state index contributed by atoms with van der Waals surface area (Å²) in [5.41, 5.74) is 2.91. The Balaban J connectivity index is 1.89. The molecule has 0 aromatic heterocycles.